The molecule has 3 nitrogen and oxygen atoms in total. The van der Waals surface area contributed by atoms with E-state index in [1.54, 1.807) is 7.11 Å². The molecule has 0 amide bonds. The molecule has 1 saturated heterocycles. The first-order chi connectivity index (χ1) is 9.13. The molecule has 1 aliphatic rings. The Labute approximate surface area is 116 Å². The molecule has 0 radical (unpaired) electrons. The lowest BCUT2D eigenvalue weighted by atomic mass is 10.0. The molecule has 0 saturated carbocycles. The lowest BCUT2D eigenvalue weighted by Gasteiger charge is -2.18. The maximum Gasteiger partial charge on any atom is 0.125 e. The van der Waals surface area contributed by atoms with Crippen LogP contribution in [0.5, 0.6) is 5.75 Å². The van der Waals surface area contributed by atoms with E-state index in [1.165, 1.54) is 48.2 Å². The predicted molar refractivity (Wildman–Crippen MR) is 81.3 cm³/mol. The number of nitrogens with one attached hydrogen (secondary N) is 2. The monoisotopic (exact) mass is 262 g/mol. The van der Waals surface area contributed by atoms with E-state index < -0.39 is 0 Å². The van der Waals surface area contributed by atoms with Crippen LogP contribution in [-0.4, -0.2) is 26.2 Å². The minimum atomic E-state index is 0.702. The fraction of sp³-hybridized carbons (Fsp3) is 0.625. The summed E-state index contributed by atoms with van der Waals surface area (Å²) in [5, 5.41) is 7.12. The van der Waals surface area contributed by atoms with Crippen LogP contribution < -0.4 is 15.4 Å². The van der Waals surface area contributed by atoms with Crippen LogP contribution in [0.2, 0.25) is 0 Å². The summed E-state index contributed by atoms with van der Waals surface area (Å²) in [6.45, 7) is 8.61. The van der Waals surface area contributed by atoms with Crippen molar-refractivity contribution in [2.75, 3.05) is 25.5 Å². The van der Waals surface area contributed by atoms with Gasteiger partial charge in [-0.3, -0.25) is 0 Å². The van der Waals surface area contributed by atoms with Gasteiger partial charge in [0, 0.05) is 18.3 Å². The van der Waals surface area contributed by atoms with Crippen LogP contribution in [0, 0.1) is 20.8 Å². The van der Waals surface area contributed by atoms with Crippen molar-refractivity contribution < 1.29 is 4.74 Å². The molecule has 1 fully saturated rings. The summed E-state index contributed by atoms with van der Waals surface area (Å²) in [5.41, 5.74) is 4.98. The zero-order valence-electron chi connectivity index (χ0n) is 12.6. The molecule has 0 aromatic heterocycles. The third-order valence-electron chi connectivity index (χ3n) is 4.20. The first-order valence-electron chi connectivity index (χ1n) is 7.25. The molecule has 1 atom stereocenters. The van der Waals surface area contributed by atoms with Gasteiger partial charge in [-0.15, -0.1) is 0 Å². The molecule has 1 unspecified atom stereocenters. The maximum atomic E-state index is 5.46. The van der Waals surface area contributed by atoms with E-state index in [-0.39, 0.29) is 0 Å². The van der Waals surface area contributed by atoms with Crippen LogP contribution in [-0.2, 0) is 0 Å². The highest BCUT2D eigenvalue weighted by molar-refractivity contribution is 5.61. The van der Waals surface area contributed by atoms with Crippen molar-refractivity contribution in [1.82, 2.24) is 5.32 Å². The van der Waals surface area contributed by atoms with Gasteiger partial charge in [0.15, 0.2) is 0 Å². The van der Waals surface area contributed by atoms with E-state index in [4.69, 9.17) is 4.74 Å². The largest absolute Gasteiger partial charge is 0.496 e. The van der Waals surface area contributed by atoms with Gasteiger partial charge in [0.2, 0.25) is 0 Å². The molecule has 1 aromatic carbocycles. The first kappa shape index (κ1) is 14.2. The summed E-state index contributed by atoms with van der Waals surface area (Å²) >= 11 is 0. The molecular formula is C16H26N2O. The average Bonchev–Trinajstić information content (AvgIpc) is 2.89. The Bertz CT molecular complexity index is 437. The third kappa shape index (κ3) is 3.21. The fourth-order valence-electron chi connectivity index (χ4n) is 2.94. The van der Waals surface area contributed by atoms with Gasteiger partial charge < -0.3 is 15.4 Å². The number of ether oxygens (including phenoxy) is 1. The van der Waals surface area contributed by atoms with E-state index in [2.05, 4.69) is 37.5 Å². The number of anilines is 1. The van der Waals surface area contributed by atoms with Gasteiger partial charge in [-0.2, -0.15) is 0 Å². The minimum Gasteiger partial charge on any atom is -0.496 e. The Morgan fingerprint density at radius 3 is 2.74 bits per heavy atom. The lowest BCUT2D eigenvalue weighted by molar-refractivity contribution is 0.408. The number of hydrogen-bond acceptors (Lipinski definition) is 3. The standard InChI is InChI=1S/C16H26N2O/c1-11-10-15(12(2)13(3)16(11)19-4)18-9-7-14-6-5-8-17-14/h10,14,17-18H,5-9H2,1-4H3. The highest BCUT2D eigenvalue weighted by Gasteiger charge is 2.14. The van der Waals surface area contributed by atoms with E-state index >= 15 is 0 Å². The van der Waals surface area contributed by atoms with Crippen molar-refractivity contribution >= 4 is 5.69 Å². The van der Waals surface area contributed by atoms with Gasteiger partial charge in [0.05, 0.1) is 7.11 Å². The van der Waals surface area contributed by atoms with Gasteiger partial charge in [-0.25, -0.2) is 0 Å². The van der Waals surface area contributed by atoms with Crippen molar-refractivity contribution in [3.05, 3.63) is 22.8 Å². The predicted octanol–water partition coefficient (Wildman–Crippen LogP) is 3.17. The topological polar surface area (TPSA) is 33.3 Å². The molecule has 1 aromatic rings. The summed E-state index contributed by atoms with van der Waals surface area (Å²) in [6.07, 6.45) is 3.84. The zero-order chi connectivity index (χ0) is 13.8. The summed E-state index contributed by atoms with van der Waals surface area (Å²) in [5.74, 6) is 1.01. The van der Waals surface area contributed by atoms with Crippen molar-refractivity contribution in [2.24, 2.45) is 0 Å². The molecule has 19 heavy (non-hydrogen) atoms. The molecule has 106 valence electrons. The average molecular weight is 262 g/mol. The van der Waals surface area contributed by atoms with Gasteiger partial charge in [0.1, 0.15) is 5.75 Å². The second kappa shape index (κ2) is 6.29. The summed E-state index contributed by atoms with van der Waals surface area (Å²) in [6, 6.07) is 2.90. The summed E-state index contributed by atoms with van der Waals surface area (Å²) < 4.78 is 5.46. The lowest BCUT2D eigenvalue weighted by Crippen LogP contribution is -2.24. The number of methoxy groups -OCH3 is 1. The SMILES string of the molecule is COc1c(C)cc(NCCC2CCCN2)c(C)c1C. The van der Waals surface area contributed by atoms with Crippen molar-refractivity contribution in [3.63, 3.8) is 0 Å². The molecule has 1 heterocycles. The van der Waals surface area contributed by atoms with Crippen molar-refractivity contribution in [3.8, 4) is 5.75 Å². The molecule has 2 N–H and O–H groups in total. The highest BCUT2D eigenvalue weighted by atomic mass is 16.5. The normalized spacial score (nSPS) is 18.6. The van der Waals surface area contributed by atoms with Gasteiger partial charge in [-0.1, -0.05) is 0 Å². The van der Waals surface area contributed by atoms with Crippen molar-refractivity contribution in [1.29, 1.82) is 0 Å². The quantitative estimate of drug-likeness (QED) is 0.855. The molecule has 2 rings (SSSR count). The number of benzene rings is 1. The van der Waals surface area contributed by atoms with Crippen LogP contribution in [0.1, 0.15) is 36.0 Å². The minimum absolute atomic E-state index is 0.702. The van der Waals surface area contributed by atoms with E-state index in [1.807, 2.05) is 0 Å². The molecule has 0 bridgehead atoms. The first-order valence-corrected chi connectivity index (χ1v) is 7.25. The van der Waals surface area contributed by atoms with Gasteiger partial charge in [0.25, 0.3) is 0 Å². The smallest absolute Gasteiger partial charge is 0.125 e. The second-order valence-corrected chi connectivity index (χ2v) is 5.53. The molecule has 0 spiro atoms. The van der Waals surface area contributed by atoms with Gasteiger partial charge >= 0.3 is 0 Å². The molecular weight excluding hydrogens is 236 g/mol. The maximum absolute atomic E-state index is 5.46. The zero-order valence-corrected chi connectivity index (χ0v) is 12.6. The Hall–Kier alpha value is -1.22. The fourth-order valence-corrected chi connectivity index (χ4v) is 2.94. The van der Waals surface area contributed by atoms with Crippen molar-refractivity contribution in [2.45, 2.75) is 46.1 Å². The number of aryl methyl sites for hydroxylation is 1. The third-order valence-corrected chi connectivity index (χ3v) is 4.20. The van der Waals surface area contributed by atoms with E-state index in [0.717, 1.165) is 12.3 Å². The molecule has 3 heteroatoms. The van der Waals surface area contributed by atoms with Crippen LogP contribution in [0.3, 0.4) is 0 Å². The summed E-state index contributed by atoms with van der Waals surface area (Å²) in [4.78, 5) is 0. The number of hydrogen-bond donors (Lipinski definition) is 2. The van der Waals surface area contributed by atoms with Gasteiger partial charge in [-0.05, 0) is 69.3 Å². The Morgan fingerprint density at radius 2 is 2.11 bits per heavy atom. The molecule has 0 aliphatic carbocycles. The Balaban J connectivity index is 1.99. The van der Waals surface area contributed by atoms with Crippen LogP contribution in [0.25, 0.3) is 0 Å². The summed E-state index contributed by atoms with van der Waals surface area (Å²) in [7, 11) is 1.74. The van der Waals surface area contributed by atoms with Crippen LogP contribution >= 0.6 is 0 Å². The second-order valence-electron chi connectivity index (χ2n) is 5.53. The number of rotatable bonds is 5. The van der Waals surface area contributed by atoms with Crippen LogP contribution in [0.15, 0.2) is 6.07 Å². The van der Waals surface area contributed by atoms with E-state index in [9.17, 15) is 0 Å². The highest BCUT2D eigenvalue weighted by Crippen LogP contribution is 2.31. The van der Waals surface area contributed by atoms with E-state index in [0.29, 0.717) is 6.04 Å². The van der Waals surface area contributed by atoms with Crippen LogP contribution in [0.4, 0.5) is 5.69 Å². The Morgan fingerprint density at radius 1 is 1.32 bits per heavy atom. The Kier molecular flexibility index (Phi) is 4.70. The molecule has 1 aliphatic heterocycles.